The van der Waals surface area contributed by atoms with Gasteiger partial charge in [-0.25, -0.2) is 0 Å². The quantitative estimate of drug-likeness (QED) is 0.647. The molecule has 0 spiro atoms. The van der Waals surface area contributed by atoms with E-state index in [2.05, 4.69) is 4.90 Å². The Labute approximate surface area is 123 Å². The fourth-order valence-corrected chi connectivity index (χ4v) is 2.95. The fourth-order valence-electron chi connectivity index (χ4n) is 2.77. The van der Waals surface area contributed by atoms with E-state index in [1.165, 1.54) is 6.07 Å². The van der Waals surface area contributed by atoms with Crippen LogP contribution >= 0.6 is 11.6 Å². The molecule has 0 radical (unpaired) electrons. The zero-order valence-electron chi connectivity index (χ0n) is 11.3. The van der Waals surface area contributed by atoms with E-state index >= 15 is 0 Å². The van der Waals surface area contributed by atoms with E-state index in [4.69, 9.17) is 16.7 Å². The second-order valence-corrected chi connectivity index (χ2v) is 5.57. The first-order chi connectivity index (χ1) is 9.61. The Morgan fingerprint density at radius 3 is 3.00 bits per heavy atom. The van der Waals surface area contributed by atoms with E-state index in [9.17, 15) is 10.1 Å². The van der Waals surface area contributed by atoms with E-state index in [1.54, 1.807) is 12.1 Å². The molecule has 1 N–H and O–H groups in total. The van der Waals surface area contributed by atoms with Crippen LogP contribution in [0.2, 0.25) is 5.02 Å². The zero-order chi connectivity index (χ0) is 14.5. The lowest BCUT2D eigenvalue weighted by atomic mass is 10.1. The smallest absolute Gasteiger partial charge is 0.269 e. The van der Waals surface area contributed by atoms with Crippen LogP contribution in [0.5, 0.6) is 0 Å². The molecule has 1 aliphatic rings. The summed E-state index contributed by atoms with van der Waals surface area (Å²) in [5.41, 5.74) is 0.882. The van der Waals surface area contributed by atoms with Gasteiger partial charge in [0.1, 0.15) is 0 Å². The number of hydrogen-bond donors (Lipinski definition) is 1. The molecule has 1 fully saturated rings. The van der Waals surface area contributed by atoms with Gasteiger partial charge in [0.05, 0.1) is 4.92 Å². The van der Waals surface area contributed by atoms with Crippen LogP contribution in [0.3, 0.4) is 0 Å². The number of likely N-dealkylation sites (tertiary alicyclic amines) is 1. The van der Waals surface area contributed by atoms with Gasteiger partial charge in [-0.1, -0.05) is 11.6 Å². The molecule has 1 heterocycles. The molecule has 0 saturated carbocycles. The summed E-state index contributed by atoms with van der Waals surface area (Å²) in [4.78, 5) is 12.7. The van der Waals surface area contributed by atoms with Gasteiger partial charge in [0, 0.05) is 36.3 Å². The molecule has 6 heteroatoms. The molecular weight excluding hydrogens is 280 g/mol. The van der Waals surface area contributed by atoms with Gasteiger partial charge in [-0.3, -0.25) is 15.0 Å². The summed E-state index contributed by atoms with van der Waals surface area (Å²) in [5.74, 6) is 0. The van der Waals surface area contributed by atoms with Gasteiger partial charge in [0.15, 0.2) is 0 Å². The SMILES string of the molecule is O=[N+]([O-])c1ccc(Cl)c(CN2CCCC2CCCO)c1. The monoisotopic (exact) mass is 298 g/mol. The minimum atomic E-state index is -0.396. The Bertz CT molecular complexity index is 481. The topological polar surface area (TPSA) is 66.6 Å². The first-order valence-corrected chi connectivity index (χ1v) is 7.27. The predicted molar refractivity (Wildman–Crippen MR) is 77.9 cm³/mol. The van der Waals surface area contributed by atoms with Crippen LogP contribution in [0.25, 0.3) is 0 Å². The Kier molecular flexibility index (Phi) is 5.34. The van der Waals surface area contributed by atoms with Gasteiger partial charge in [0.2, 0.25) is 0 Å². The Hall–Kier alpha value is -1.17. The molecule has 1 aliphatic heterocycles. The van der Waals surface area contributed by atoms with Gasteiger partial charge in [-0.2, -0.15) is 0 Å². The van der Waals surface area contributed by atoms with Crippen molar-refractivity contribution < 1.29 is 10.0 Å². The molecule has 1 saturated heterocycles. The predicted octanol–water partition coefficient (Wildman–Crippen LogP) is 2.99. The number of rotatable bonds is 6. The third kappa shape index (κ3) is 3.69. The number of nitro benzene ring substituents is 1. The standard InChI is InChI=1S/C14H19ClN2O3/c15-14-6-5-13(17(19)20)9-11(14)10-16-7-1-3-12(16)4-2-8-18/h5-6,9,12,18H,1-4,7-8,10H2. The number of aliphatic hydroxyl groups excluding tert-OH is 1. The Balaban J connectivity index is 2.08. The normalized spacial score (nSPS) is 19.4. The van der Waals surface area contributed by atoms with Crippen molar-refractivity contribution in [3.05, 3.63) is 38.9 Å². The highest BCUT2D eigenvalue weighted by atomic mass is 35.5. The molecule has 2 rings (SSSR count). The molecule has 1 aromatic carbocycles. The average molecular weight is 299 g/mol. The van der Waals surface area contributed by atoms with Gasteiger partial charge >= 0.3 is 0 Å². The van der Waals surface area contributed by atoms with Crippen LogP contribution in [0.1, 0.15) is 31.2 Å². The second kappa shape index (κ2) is 7.02. The second-order valence-electron chi connectivity index (χ2n) is 5.17. The highest BCUT2D eigenvalue weighted by Crippen LogP contribution is 2.28. The summed E-state index contributed by atoms with van der Waals surface area (Å²) in [5, 5.41) is 20.3. The summed E-state index contributed by atoms with van der Waals surface area (Å²) in [6.45, 7) is 1.83. The van der Waals surface area contributed by atoms with E-state index in [0.29, 0.717) is 17.6 Å². The molecule has 110 valence electrons. The van der Waals surface area contributed by atoms with Crippen molar-refractivity contribution in [2.45, 2.75) is 38.3 Å². The number of halogens is 1. The third-order valence-corrected chi connectivity index (χ3v) is 4.18. The van der Waals surface area contributed by atoms with Crippen LogP contribution in [0.4, 0.5) is 5.69 Å². The number of non-ortho nitro benzene ring substituents is 1. The fraction of sp³-hybridized carbons (Fsp3) is 0.571. The third-order valence-electron chi connectivity index (χ3n) is 3.81. The summed E-state index contributed by atoms with van der Waals surface area (Å²) >= 11 is 6.14. The molecule has 0 aliphatic carbocycles. The molecule has 0 aromatic heterocycles. The van der Waals surface area contributed by atoms with Crippen molar-refractivity contribution in [1.82, 2.24) is 4.90 Å². The van der Waals surface area contributed by atoms with Crippen molar-refractivity contribution in [2.24, 2.45) is 0 Å². The average Bonchev–Trinajstić information content (AvgIpc) is 2.86. The number of nitrogens with zero attached hydrogens (tertiary/aromatic N) is 2. The molecule has 0 bridgehead atoms. The van der Waals surface area contributed by atoms with Crippen LogP contribution in [0, 0.1) is 10.1 Å². The summed E-state index contributed by atoms with van der Waals surface area (Å²) in [6, 6.07) is 5.02. The lowest BCUT2D eigenvalue weighted by Crippen LogP contribution is -2.29. The Morgan fingerprint density at radius 2 is 2.30 bits per heavy atom. The molecule has 20 heavy (non-hydrogen) atoms. The van der Waals surface area contributed by atoms with E-state index in [-0.39, 0.29) is 12.3 Å². The molecule has 1 unspecified atom stereocenters. The number of nitro groups is 1. The van der Waals surface area contributed by atoms with Crippen molar-refractivity contribution in [3.8, 4) is 0 Å². The maximum absolute atomic E-state index is 10.8. The maximum Gasteiger partial charge on any atom is 0.269 e. The van der Waals surface area contributed by atoms with E-state index in [1.807, 2.05) is 0 Å². The molecule has 1 atom stereocenters. The van der Waals surface area contributed by atoms with Crippen molar-refractivity contribution >= 4 is 17.3 Å². The van der Waals surface area contributed by atoms with E-state index < -0.39 is 4.92 Å². The summed E-state index contributed by atoms with van der Waals surface area (Å²) in [6.07, 6.45) is 4.00. The maximum atomic E-state index is 10.8. The van der Waals surface area contributed by atoms with Crippen LogP contribution in [-0.4, -0.2) is 34.1 Å². The van der Waals surface area contributed by atoms with Gasteiger partial charge < -0.3 is 5.11 Å². The Morgan fingerprint density at radius 1 is 1.50 bits per heavy atom. The highest BCUT2D eigenvalue weighted by molar-refractivity contribution is 6.31. The molecule has 1 aromatic rings. The largest absolute Gasteiger partial charge is 0.396 e. The van der Waals surface area contributed by atoms with Gasteiger partial charge in [-0.05, 0) is 43.9 Å². The summed E-state index contributed by atoms with van der Waals surface area (Å²) < 4.78 is 0. The lowest BCUT2D eigenvalue weighted by molar-refractivity contribution is -0.384. The minimum absolute atomic E-state index is 0.0792. The number of aliphatic hydroxyl groups is 1. The molecular formula is C14H19ClN2O3. The minimum Gasteiger partial charge on any atom is -0.396 e. The first-order valence-electron chi connectivity index (χ1n) is 6.89. The van der Waals surface area contributed by atoms with Crippen LogP contribution in [-0.2, 0) is 6.54 Å². The van der Waals surface area contributed by atoms with Crippen LogP contribution < -0.4 is 0 Å². The van der Waals surface area contributed by atoms with Crippen LogP contribution in [0.15, 0.2) is 18.2 Å². The lowest BCUT2D eigenvalue weighted by Gasteiger charge is -2.24. The molecule has 0 amide bonds. The van der Waals surface area contributed by atoms with Crippen molar-refractivity contribution in [2.75, 3.05) is 13.2 Å². The number of benzene rings is 1. The first kappa shape index (κ1) is 15.2. The van der Waals surface area contributed by atoms with E-state index in [0.717, 1.165) is 37.8 Å². The van der Waals surface area contributed by atoms with Crippen molar-refractivity contribution in [3.63, 3.8) is 0 Å². The highest BCUT2D eigenvalue weighted by Gasteiger charge is 2.25. The van der Waals surface area contributed by atoms with Gasteiger partial charge in [-0.15, -0.1) is 0 Å². The number of hydrogen-bond acceptors (Lipinski definition) is 4. The zero-order valence-corrected chi connectivity index (χ0v) is 12.1. The van der Waals surface area contributed by atoms with Crippen molar-refractivity contribution in [1.29, 1.82) is 0 Å². The molecule has 5 nitrogen and oxygen atoms in total. The van der Waals surface area contributed by atoms with Gasteiger partial charge in [0.25, 0.3) is 5.69 Å². The summed E-state index contributed by atoms with van der Waals surface area (Å²) in [7, 11) is 0.